The van der Waals surface area contributed by atoms with Crippen molar-refractivity contribution in [1.82, 2.24) is 4.90 Å². The molecular formula is C20H18FNO4. The molecule has 1 N–H and O–H groups in total. The number of amides is 1. The quantitative estimate of drug-likeness (QED) is 0.519. The van der Waals surface area contributed by atoms with Crippen molar-refractivity contribution in [1.29, 1.82) is 0 Å². The van der Waals surface area contributed by atoms with Crippen LogP contribution in [0.1, 0.15) is 24.1 Å². The minimum Gasteiger partial charge on any atom is -0.507 e. The van der Waals surface area contributed by atoms with Crippen LogP contribution in [0, 0.1) is 5.82 Å². The van der Waals surface area contributed by atoms with Gasteiger partial charge in [-0.05, 0) is 48.9 Å². The Kier molecular flexibility index (Phi) is 4.75. The average Bonchev–Trinajstić information content (AvgIpc) is 2.87. The number of likely N-dealkylation sites (tertiary alicyclic amines) is 1. The van der Waals surface area contributed by atoms with Crippen LogP contribution < -0.4 is 4.74 Å². The lowest BCUT2D eigenvalue weighted by Crippen LogP contribution is -2.24. The average molecular weight is 355 g/mol. The second kappa shape index (κ2) is 7.00. The fraction of sp³-hybridized carbons (Fsp3) is 0.200. The SMILES string of the molecule is CCOc1ccc(C2/C(=C(\O)c3ccc(F)cc3)C(=O)C(=O)N2C)cc1. The Bertz CT molecular complexity index is 872. The van der Waals surface area contributed by atoms with Gasteiger partial charge in [-0.1, -0.05) is 12.1 Å². The highest BCUT2D eigenvalue weighted by molar-refractivity contribution is 6.46. The topological polar surface area (TPSA) is 66.8 Å². The maximum Gasteiger partial charge on any atom is 0.295 e. The van der Waals surface area contributed by atoms with Gasteiger partial charge in [0, 0.05) is 12.6 Å². The Morgan fingerprint density at radius 2 is 1.73 bits per heavy atom. The normalized spacial score (nSPS) is 19.0. The largest absolute Gasteiger partial charge is 0.507 e. The summed E-state index contributed by atoms with van der Waals surface area (Å²) < 4.78 is 18.5. The van der Waals surface area contributed by atoms with Crippen molar-refractivity contribution in [3.8, 4) is 5.75 Å². The predicted octanol–water partition coefficient (Wildman–Crippen LogP) is 3.28. The van der Waals surface area contributed by atoms with Gasteiger partial charge < -0.3 is 14.7 Å². The molecule has 2 aromatic carbocycles. The predicted molar refractivity (Wildman–Crippen MR) is 94.1 cm³/mol. The first-order valence-corrected chi connectivity index (χ1v) is 8.17. The van der Waals surface area contributed by atoms with Gasteiger partial charge >= 0.3 is 0 Å². The van der Waals surface area contributed by atoms with Crippen LogP contribution in [0.3, 0.4) is 0 Å². The molecule has 1 aliphatic heterocycles. The smallest absolute Gasteiger partial charge is 0.295 e. The number of hydrogen-bond acceptors (Lipinski definition) is 4. The molecule has 0 radical (unpaired) electrons. The Morgan fingerprint density at radius 3 is 2.31 bits per heavy atom. The first-order valence-electron chi connectivity index (χ1n) is 8.17. The summed E-state index contributed by atoms with van der Waals surface area (Å²) in [4.78, 5) is 25.9. The number of halogens is 1. The first-order chi connectivity index (χ1) is 12.4. The van der Waals surface area contributed by atoms with Gasteiger partial charge in [-0.25, -0.2) is 4.39 Å². The summed E-state index contributed by atoms with van der Waals surface area (Å²) in [6, 6.07) is 11.3. The molecule has 6 heteroatoms. The number of ketones is 1. The van der Waals surface area contributed by atoms with Crippen molar-refractivity contribution in [3.63, 3.8) is 0 Å². The van der Waals surface area contributed by atoms with Crippen molar-refractivity contribution >= 4 is 17.4 Å². The van der Waals surface area contributed by atoms with Crippen molar-refractivity contribution in [2.75, 3.05) is 13.7 Å². The van der Waals surface area contributed by atoms with Gasteiger partial charge in [0.05, 0.1) is 18.2 Å². The molecule has 0 aliphatic carbocycles. The molecule has 1 fully saturated rings. The van der Waals surface area contributed by atoms with Crippen LogP contribution in [0.25, 0.3) is 5.76 Å². The van der Waals surface area contributed by atoms with E-state index in [4.69, 9.17) is 4.74 Å². The second-order valence-corrected chi connectivity index (χ2v) is 5.92. The zero-order chi connectivity index (χ0) is 18.8. The third-order valence-corrected chi connectivity index (χ3v) is 4.30. The van der Waals surface area contributed by atoms with Gasteiger partial charge in [-0.15, -0.1) is 0 Å². The van der Waals surface area contributed by atoms with Crippen LogP contribution in [-0.4, -0.2) is 35.4 Å². The Hall–Kier alpha value is -3.15. The van der Waals surface area contributed by atoms with E-state index in [-0.39, 0.29) is 16.9 Å². The second-order valence-electron chi connectivity index (χ2n) is 5.92. The third-order valence-electron chi connectivity index (χ3n) is 4.30. The van der Waals surface area contributed by atoms with E-state index < -0.39 is 23.5 Å². The molecular weight excluding hydrogens is 337 g/mol. The first kappa shape index (κ1) is 17.7. The number of rotatable bonds is 4. The zero-order valence-electron chi connectivity index (χ0n) is 14.4. The molecule has 2 aromatic rings. The van der Waals surface area contributed by atoms with E-state index in [1.165, 1.54) is 36.2 Å². The molecule has 0 aromatic heterocycles. The highest BCUT2D eigenvalue weighted by Gasteiger charge is 2.44. The molecule has 1 aliphatic rings. The van der Waals surface area contributed by atoms with Gasteiger partial charge in [-0.2, -0.15) is 0 Å². The number of likely N-dealkylation sites (N-methyl/N-ethyl adjacent to an activating group) is 1. The summed E-state index contributed by atoms with van der Waals surface area (Å²) in [5, 5.41) is 10.6. The van der Waals surface area contributed by atoms with E-state index in [1.807, 2.05) is 6.92 Å². The fourth-order valence-electron chi connectivity index (χ4n) is 3.01. The van der Waals surface area contributed by atoms with E-state index in [0.717, 1.165) is 0 Å². The Morgan fingerprint density at radius 1 is 1.12 bits per heavy atom. The van der Waals surface area contributed by atoms with Crippen LogP contribution in [0.4, 0.5) is 4.39 Å². The summed E-state index contributed by atoms with van der Waals surface area (Å²) >= 11 is 0. The molecule has 1 saturated heterocycles. The molecule has 0 saturated carbocycles. The number of carbonyl (C=O) groups is 2. The number of ether oxygens (including phenoxy) is 1. The summed E-state index contributed by atoms with van der Waals surface area (Å²) in [6.07, 6.45) is 0. The van der Waals surface area contributed by atoms with Crippen molar-refractivity contribution in [2.24, 2.45) is 0 Å². The Balaban J connectivity index is 2.08. The minimum absolute atomic E-state index is 0.0201. The molecule has 1 unspecified atom stereocenters. The standard InChI is InChI=1S/C20H18FNO4/c1-3-26-15-10-6-12(7-11-15)17-16(19(24)20(25)22(17)2)18(23)13-4-8-14(21)9-5-13/h4-11,17,23H,3H2,1-2H3/b18-16+. The van der Waals surface area contributed by atoms with Crippen molar-refractivity contribution in [2.45, 2.75) is 13.0 Å². The van der Waals surface area contributed by atoms with Crippen molar-refractivity contribution in [3.05, 3.63) is 71.0 Å². The number of aliphatic hydroxyl groups excluding tert-OH is 1. The highest BCUT2D eigenvalue weighted by atomic mass is 19.1. The molecule has 1 heterocycles. The number of Topliss-reactive ketones (excluding diaryl/α,β-unsaturated/α-hetero) is 1. The molecule has 0 spiro atoms. The summed E-state index contributed by atoms with van der Waals surface area (Å²) in [7, 11) is 1.51. The van der Waals surface area contributed by atoms with Gasteiger partial charge in [0.25, 0.3) is 11.7 Å². The zero-order valence-corrected chi connectivity index (χ0v) is 14.4. The van der Waals surface area contributed by atoms with E-state index in [9.17, 15) is 19.1 Å². The summed E-state index contributed by atoms with van der Waals surface area (Å²) in [5.74, 6) is -1.59. The lowest BCUT2D eigenvalue weighted by molar-refractivity contribution is -0.139. The molecule has 5 nitrogen and oxygen atoms in total. The molecule has 1 amide bonds. The number of nitrogens with zero attached hydrogens (tertiary/aromatic N) is 1. The van der Waals surface area contributed by atoms with Crippen molar-refractivity contribution < 1.29 is 23.8 Å². The van der Waals surface area contributed by atoms with Gasteiger partial charge in [0.1, 0.15) is 17.3 Å². The van der Waals surface area contributed by atoms with Crippen LogP contribution in [0.15, 0.2) is 54.1 Å². The maximum absolute atomic E-state index is 13.1. The highest BCUT2D eigenvalue weighted by Crippen LogP contribution is 2.38. The molecule has 134 valence electrons. The lowest BCUT2D eigenvalue weighted by Gasteiger charge is -2.21. The molecule has 1 atom stereocenters. The van der Waals surface area contributed by atoms with Crippen LogP contribution in [-0.2, 0) is 9.59 Å². The molecule has 26 heavy (non-hydrogen) atoms. The van der Waals surface area contributed by atoms with Gasteiger partial charge in [-0.3, -0.25) is 9.59 Å². The molecule has 3 rings (SSSR count). The van der Waals surface area contributed by atoms with Crippen LogP contribution in [0.2, 0.25) is 0 Å². The van der Waals surface area contributed by atoms with E-state index in [1.54, 1.807) is 24.3 Å². The van der Waals surface area contributed by atoms with Crippen LogP contribution in [0.5, 0.6) is 5.75 Å². The number of hydrogen-bond donors (Lipinski definition) is 1. The number of aliphatic hydroxyl groups is 1. The summed E-state index contributed by atoms with van der Waals surface area (Å²) in [5.41, 5.74) is 0.917. The Labute approximate surface area is 150 Å². The van der Waals surface area contributed by atoms with Crippen LogP contribution >= 0.6 is 0 Å². The summed E-state index contributed by atoms with van der Waals surface area (Å²) in [6.45, 7) is 2.40. The van der Waals surface area contributed by atoms with Gasteiger partial charge in [0.15, 0.2) is 0 Å². The van der Waals surface area contributed by atoms with E-state index in [2.05, 4.69) is 0 Å². The van der Waals surface area contributed by atoms with Gasteiger partial charge in [0.2, 0.25) is 0 Å². The number of carbonyl (C=O) groups excluding carboxylic acids is 2. The minimum atomic E-state index is -0.770. The monoisotopic (exact) mass is 355 g/mol. The maximum atomic E-state index is 13.1. The van der Waals surface area contributed by atoms with E-state index in [0.29, 0.717) is 17.9 Å². The third kappa shape index (κ3) is 3.06. The number of benzene rings is 2. The fourth-order valence-corrected chi connectivity index (χ4v) is 3.01. The van der Waals surface area contributed by atoms with E-state index >= 15 is 0 Å². The lowest BCUT2D eigenvalue weighted by atomic mass is 9.95. The molecule has 0 bridgehead atoms.